The van der Waals surface area contributed by atoms with Crippen molar-refractivity contribution in [1.29, 1.82) is 0 Å². The molecule has 1 atom stereocenters. The Morgan fingerprint density at radius 2 is 1.86 bits per heavy atom. The molecule has 1 aliphatic rings. The molecule has 2 rings (SSSR count). The molecule has 4 heteroatoms. The number of benzene rings is 1. The van der Waals surface area contributed by atoms with Gasteiger partial charge in [-0.1, -0.05) is 24.1 Å². The highest BCUT2D eigenvalue weighted by Gasteiger charge is 2.16. The Bertz CT molecular complexity index is 438. The van der Waals surface area contributed by atoms with Crippen LogP contribution >= 0.6 is 0 Å². The van der Waals surface area contributed by atoms with E-state index in [1.54, 1.807) is 0 Å². The fourth-order valence-electron chi connectivity index (χ4n) is 2.58. The SMILES string of the molecule is Cc1ccc(OCC(=O)O[C@H](C)CN2CCCCC2)cc1. The first kappa shape index (κ1) is 15.8. The van der Waals surface area contributed by atoms with Crippen molar-refractivity contribution in [2.24, 2.45) is 0 Å². The molecule has 0 aromatic heterocycles. The van der Waals surface area contributed by atoms with Gasteiger partial charge in [0.2, 0.25) is 0 Å². The number of carbonyl (C=O) groups is 1. The van der Waals surface area contributed by atoms with Crippen LogP contribution in [-0.2, 0) is 9.53 Å². The summed E-state index contributed by atoms with van der Waals surface area (Å²) in [6, 6.07) is 7.64. The number of carbonyl (C=O) groups excluding carboxylic acids is 1. The Hall–Kier alpha value is -1.55. The van der Waals surface area contributed by atoms with Gasteiger partial charge in [0.05, 0.1) is 0 Å². The Balaban J connectivity index is 1.67. The highest BCUT2D eigenvalue weighted by atomic mass is 16.6. The van der Waals surface area contributed by atoms with Crippen molar-refractivity contribution in [2.75, 3.05) is 26.2 Å². The van der Waals surface area contributed by atoms with E-state index in [-0.39, 0.29) is 18.7 Å². The van der Waals surface area contributed by atoms with Crippen LogP contribution in [0.3, 0.4) is 0 Å². The predicted molar refractivity (Wildman–Crippen MR) is 82.5 cm³/mol. The summed E-state index contributed by atoms with van der Waals surface area (Å²) in [5.41, 5.74) is 1.17. The molecule has 0 amide bonds. The van der Waals surface area contributed by atoms with E-state index in [9.17, 15) is 4.79 Å². The fourth-order valence-corrected chi connectivity index (χ4v) is 2.58. The maximum atomic E-state index is 11.8. The average molecular weight is 291 g/mol. The molecule has 0 N–H and O–H groups in total. The van der Waals surface area contributed by atoms with Crippen LogP contribution in [0.5, 0.6) is 5.75 Å². The molecular formula is C17H25NO3. The molecule has 0 bridgehead atoms. The van der Waals surface area contributed by atoms with E-state index in [1.807, 2.05) is 38.1 Å². The molecule has 1 aromatic carbocycles. The summed E-state index contributed by atoms with van der Waals surface area (Å²) in [7, 11) is 0. The lowest BCUT2D eigenvalue weighted by molar-refractivity contribution is -0.151. The van der Waals surface area contributed by atoms with Gasteiger partial charge < -0.3 is 9.47 Å². The van der Waals surface area contributed by atoms with Gasteiger partial charge in [0.1, 0.15) is 11.9 Å². The molecule has 0 unspecified atom stereocenters. The van der Waals surface area contributed by atoms with Crippen molar-refractivity contribution in [3.05, 3.63) is 29.8 Å². The van der Waals surface area contributed by atoms with E-state index < -0.39 is 0 Å². The summed E-state index contributed by atoms with van der Waals surface area (Å²) >= 11 is 0. The van der Waals surface area contributed by atoms with Gasteiger partial charge in [0, 0.05) is 6.54 Å². The second-order valence-corrected chi connectivity index (χ2v) is 5.76. The lowest BCUT2D eigenvalue weighted by atomic mass is 10.1. The number of hydrogen-bond donors (Lipinski definition) is 0. The molecule has 116 valence electrons. The second-order valence-electron chi connectivity index (χ2n) is 5.76. The molecule has 0 saturated carbocycles. The van der Waals surface area contributed by atoms with Crippen LogP contribution in [0.4, 0.5) is 0 Å². The average Bonchev–Trinajstić information content (AvgIpc) is 2.47. The van der Waals surface area contributed by atoms with E-state index in [1.165, 1.54) is 24.8 Å². The third-order valence-corrected chi connectivity index (χ3v) is 3.67. The minimum absolute atomic E-state index is 0.0343. The molecule has 0 radical (unpaired) electrons. The highest BCUT2D eigenvalue weighted by molar-refractivity contribution is 5.71. The van der Waals surface area contributed by atoms with Crippen molar-refractivity contribution in [2.45, 2.75) is 39.2 Å². The molecule has 0 aliphatic carbocycles. The number of nitrogens with zero attached hydrogens (tertiary/aromatic N) is 1. The van der Waals surface area contributed by atoms with Gasteiger partial charge >= 0.3 is 5.97 Å². The molecular weight excluding hydrogens is 266 g/mol. The zero-order chi connectivity index (χ0) is 15.1. The minimum atomic E-state index is -0.305. The Labute approximate surface area is 127 Å². The van der Waals surface area contributed by atoms with E-state index in [0.29, 0.717) is 5.75 Å². The summed E-state index contributed by atoms with van der Waals surface area (Å²) in [6.45, 7) is 6.96. The van der Waals surface area contributed by atoms with Crippen LogP contribution in [0.2, 0.25) is 0 Å². The van der Waals surface area contributed by atoms with Crippen molar-refractivity contribution >= 4 is 5.97 Å². The number of esters is 1. The normalized spacial score (nSPS) is 17.2. The Morgan fingerprint density at radius 3 is 2.52 bits per heavy atom. The van der Waals surface area contributed by atoms with Gasteiger partial charge in [-0.3, -0.25) is 4.90 Å². The van der Waals surface area contributed by atoms with Gasteiger partial charge in [-0.05, 0) is 51.9 Å². The molecule has 21 heavy (non-hydrogen) atoms. The number of hydrogen-bond acceptors (Lipinski definition) is 4. The van der Waals surface area contributed by atoms with Crippen molar-refractivity contribution < 1.29 is 14.3 Å². The van der Waals surface area contributed by atoms with Crippen LogP contribution in [0.15, 0.2) is 24.3 Å². The maximum absolute atomic E-state index is 11.8. The first-order chi connectivity index (χ1) is 10.1. The summed E-state index contributed by atoms with van der Waals surface area (Å²) in [5, 5.41) is 0. The summed E-state index contributed by atoms with van der Waals surface area (Å²) in [5.74, 6) is 0.390. The van der Waals surface area contributed by atoms with Gasteiger partial charge in [-0.25, -0.2) is 4.79 Å². The third kappa shape index (κ3) is 5.76. The first-order valence-electron chi connectivity index (χ1n) is 7.75. The highest BCUT2D eigenvalue weighted by Crippen LogP contribution is 2.12. The van der Waals surface area contributed by atoms with Crippen LogP contribution in [0.25, 0.3) is 0 Å². The Kier molecular flexibility index (Phi) is 6.05. The first-order valence-corrected chi connectivity index (χ1v) is 7.75. The molecule has 1 saturated heterocycles. The van der Waals surface area contributed by atoms with Crippen molar-refractivity contribution in [3.63, 3.8) is 0 Å². The largest absolute Gasteiger partial charge is 0.482 e. The Morgan fingerprint density at radius 1 is 1.19 bits per heavy atom. The van der Waals surface area contributed by atoms with Gasteiger partial charge in [0.15, 0.2) is 6.61 Å². The van der Waals surface area contributed by atoms with Gasteiger partial charge in [0.25, 0.3) is 0 Å². The maximum Gasteiger partial charge on any atom is 0.344 e. The van der Waals surface area contributed by atoms with E-state index >= 15 is 0 Å². The molecule has 4 nitrogen and oxygen atoms in total. The summed E-state index contributed by atoms with van der Waals surface area (Å²) < 4.78 is 10.8. The van der Waals surface area contributed by atoms with Gasteiger partial charge in [-0.2, -0.15) is 0 Å². The van der Waals surface area contributed by atoms with Gasteiger partial charge in [-0.15, -0.1) is 0 Å². The predicted octanol–water partition coefficient (Wildman–Crippen LogP) is 2.79. The zero-order valence-electron chi connectivity index (χ0n) is 13.0. The zero-order valence-corrected chi connectivity index (χ0v) is 13.0. The molecule has 1 heterocycles. The topological polar surface area (TPSA) is 38.8 Å². The van der Waals surface area contributed by atoms with Crippen molar-refractivity contribution in [3.8, 4) is 5.75 Å². The summed E-state index contributed by atoms with van der Waals surface area (Å²) in [6.07, 6.45) is 3.72. The molecule has 1 aromatic rings. The third-order valence-electron chi connectivity index (χ3n) is 3.67. The second kappa shape index (κ2) is 8.03. The number of aryl methyl sites for hydroxylation is 1. The lowest BCUT2D eigenvalue weighted by Crippen LogP contribution is -2.37. The number of rotatable bonds is 6. The van der Waals surface area contributed by atoms with Crippen LogP contribution in [0.1, 0.15) is 31.7 Å². The monoisotopic (exact) mass is 291 g/mol. The fraction of sp³-hybridized carbons (Fsp3) is 0.588. The van der Waals surface area contributed by atoms with Crippen LogP contribution < -0.4 is 4.74 Å². The summed E-state index contributed by atoms with van der Waals surface area (Å²) in [4.78, 5) is 14.1. The lowest BCUT2D eigenvalue weighted by Gasteiger charge is -2.28. The van der Waals surface area contributed by atoms with Crippen molar-refractivity contribution in [1.82, 2.24) is 4.90 Å². The smallest absolute Gasteiger partial charge is 0.344 e. The number of likely N-dealkylation sites (tertiary alicyclic amines) is 1. The molecule has 1 fully saturated rings. The number of piperidine rings is 1. The number of ether oxygens (including phenoxy) is 2. The molecule has 0 spiro atoms. The standard InChI is InChI=1S/C17H25NO3/c1-14-6-8-16(9-7-14)20-13-17(19)21-15(2)12-18-10-4-3-5-11-18/h6-9,15H,3-5,10-13H2,1-2H3/t15-/m1/s1. The van der Waals surface area contributed by atoms with Crippen LogP contribution in [-0.4, -0.2) is 43.2 Å². The van der Waals surface area contributed by atoms with E-state index in [2.05, 4.69) is 4.90 Å². The minimum Gasteiger partial charge on any atom is -0.482 e. The molecule has 1 aliphatic heterocycles. The van der Waals surface area contributed by atoms with E-state index in [4.69, 9.17) is 9.47 Å². The van der Waals surface area contributed by atoms with E-state index in [0.717, 1.165) is 19.6 Å². The van der Waals surface area contributed by atoms with Crippen LogP contribution in [0, 0.1) is 6.92 Å². The quantitative estimate of drug-likeness (QED) is 0.756.